The number of methoxy groups -OCH3 is 1. The zero-order chi connectivity index (χ0) is 23.6. The van der Waals surface area contributed by atoms with Gasteiger partial charge in [-0.3, -0.25) is 14.9 Å². The van der Waals surface area contributed by atoms with Crippen LogP contribution in [0, 0.1) is 17.0 Å². The maximum atomic E-state index is 12.0. The third kappa shape index (κ3) is 7.06. The number of carbonyl (C=O) groups excluding carboxylic acids is 1. The van der Waals surface area contributed by atoms with Crippen LogP contribution in [-0.2, 0) is 11.4 Å². The molecule has 0 spiro atoms. The van der Waals surface area contributed by atoms with E-state index in [4.69, 9.17) is 9.47 Å². The monoisotopic (exact) mass is 448 g/mol. The van der Waals surface area contributed by atoms with Crippen molar-refractivity contribution in [3.63, 3.8) is 0 Å². The number of benzene rings is 3. The van der Waals surface area contributed by atoms with Crippen molar-refractivity contribution in [3.8, 4) is 11.5 Å². The van der Waals surface area contributed by atoms with Gasteiger partial charge in [0.25, 0.3) is 11.6 Å². The first-order chi connectivity index (χ1) is 15.9. The molecular weight excluding hydrogens is 424 g/mol. The van der Waals surface area contributed by atoms with E-state index in [0.717, 1.165) is 16.8 Å². The second-order valence-corrected chi connectivity index (χ2v) is 7.14. The first kappa shape index (κ1) is 23.3. The molecule has 0 radical (unpaired) electrons. The van der Waals surface area contributed by atoms with Crippen LogP contribution in [0.4, 0.5) is 11.4 Å². The van der Waals surface area contributed by atoms with Gasteiger partial charge in [0.15, 0.2) is 11.5 Å². The number of anilines is 1. The highest BCUT2D eigenvalue weighted by atomic mass is 16.6. The number of non-ortho nitro benzene ring substituents is 1. The highest BCUT2D eigenvalue weighted by molar-refractivity contribution is 5.84. The first-order valence-corrected chi connectivity index (χ1v) is 10.1. The number of hydrazone groups is 1. The van der Waals surface area contributed by atoms with E-state index in [-0.39, 0.29) is 24.7 Å². The highest BCUT2D eigenvalue weighted by Gasteiger charge is 2.08. The Balaban J connectivity index is 1.51. The van der Waals surface area contributed by atoms with Gasteiger partial charge in [0.05, 0.1) is 24.8 Å². The van der Waals surface area contributed by atoms with Crippen molar-refractivity contribution in [2.75, 3.05) is 19.0 Å². The summed E-state index contributed by atoms with van der Waals surface area (Å²) in [6, 6.07) is 19.1. The molecule has 0 saturated heterocycles. The standard InChI is InChI=1S/C24H24N4O5/c1-17-3-8-20(9-4-17)25-15-24(29)27-26-14-19-7-12-22(23(13-19)32-2)33-16-18-5-10-21(11-6-18)28(30)31/h3-14,25H,15-16H2,1-2H3,(H,27,29)/b26-14-. The number of hydrogen-bond donors (Lipinski definition) is 2. The van der Waals surface area contributed by atoms with Crippen LogP contribution in [0.15, 0.2) is 71.8 Å². The Labute approximate surface area is 191 Å². The predicted octanol–water partition coefficient (Wildman–Crippen LogP) is 4.05. The van der Waals surface area contributed by atoms with Crippen LogP contribution < -0.4 is 20.2 Å². The summed E-state index contributed by atoms with van der Waals surface area (Å²) < 4.78 is 11.2. The summed E-state index contributed by atoms with van der Waals surface area (Å²) in [5, 5.41) is 17.7. The molecule has 3 aromatic rings. The number of carbonyl (C=O) groups is 1. The van der Waals surface area contributed by atoms with E-state index in [1.165, 1.54) is 25.5 Å². The fourth-order valence-corrected chi connectivity index (χ4v) is 2.83. The Bertz CT molecular complexity index is 1130. The lowest BCUT2D eigenvalue weighted by molar-refractivity contribution is -0.384. The molecule has 0 atom stereocenters. The van der Waals surface area contributed by atoms with E-state index >= 15 is 0 Å². The van der Waals surface area contributed by atoms with Crippen LogP contribution in [0.3, 0.4) is 0 Å². The number of nitrogens with one attached hydrogen (secondary N) is 2. The van der Waals surface area contributed by atoms with Gasteiger partial charge in [0.1, 0.15) is 6.61 Å². The van der Waals surface area contributed by atoms with E-state index < -0.39 is 4.92 Å². The van der Waals surface area contributed by atoms with E-state index in [2.05, 4.69) is 15.8 Å². The van der Waals surface area contributed by atoms with Crippen molar-refractivity contribution >= 4 is 23.5 Å². The molecule has 0 aromatic heterocycles. The molecule has 3 rings (SSSR count). The Kier molecular flexibility index (Phi) is 7.96. The second kappa shape index (κ2) is 11.3. The summed E-state index contributed by atoms with van der Waals surface area (Å²) >= 11 is 0. The largest absolute Gasteiger partial charge is 0.493 e. The SMILES string of the molecule is COc1cc(/C=N\NC(=O)CNc2ccc(C)cc2)ccc1OCc1ccc([N+](=O)[O-])cc1. The van der Waals surface area contributed by atoms with Gasteiger partial charge in [-0.05, 0) is 60.5 Å². The molecule has 2 N–H and O–H groups in total. The number of nitro benzene ring substituents is 1. The van der Waals surface area contributed by atoms with Crippen molar-refractivity contribution < 1.29 is 19.2 Å². The average Bonchev–Trinajstić information content (AvgIpc) is 2.83. The van der Waals surface area contributed by atoms with Crippen LogP contribution in [0.2, 0.25) is 0 Å². The smallest absolute Gasteiger partial charge is 0.269 e. The molecule has 1 amide bonds. The molecule has 0 saturated carbocycles. The van der Waals surface area contributed by atoms with E-state index in [9.17, 15) is 14.9 Å². The number of ether oxygens (including phenoxy) is 2. The van der Waals surface area contributed by atoms with Gasteiger partial charge in [-0.2, -0.15) is 5.10 Å². The zero-order valence-corrected chi connectivity index (χ0v) is 18.3. The molecule has 9 heteroatoms. The minimum atomic E-state index is -0.447. The summed E-state index contributed by atoms with van der Waals surface area (Å²) in [7, 11) is 1.52. The molecule has 0 bridgehead atoms. The normalized spacial score (nSPS) is 10.6. The minimum absolute atomic E-state index is 0.0259. The molecule has 0 fully saturated rings. The van der Waals surface area contributed by atoms with Crippen molar-refractivity contribution in [3.05, 3.63) is 93.5 Å². The van der Waals surface area contributed by atoms with Crippen molar-refractivity contribution in [2.45, 2.75) is 13.5 Å². The number of hydrogen-bond acceptors (Lipinski definition) is 7. The quantitative estimate of drug-likeness (QED) is 0.275. The minimum Gasteiger partial charge on any atom is -0.493 e. The van der Waals surface area contributed by atoms with Crippen molar-refractivity contribution in [2.24, 2.45) is 5.10 Å². The molecule has 33 heavy (non-hydrogen) atoms. The molecule has 9 nitrogen and oxygen atoms in total. The van der Waals surface area contributed by atoms with Gasteiger partial charge in [-0.15, -0.1) is 0 Å². The zero-order valence-electron chi connectivity index (χ0n) is 18.3. The summed E-state index contributed by atoms with van der Waals surface area (Å²) in [6.45, 7) is 2.32. The summed E-state index contributed by atoms with van der Waals surface area (Å²) in [6.07, 6.45) is 1.51. The molecular formula is C24H24N4O5. The highest BCUT2D eigenvalue weighted by Crippen LogP contribution is 2.28. The summed E-state index contributed by atoms with van der Waals surface area (Å²) in [5.41, 5.74) is 6.00. The van der Waals surface area contributed by atoms with Gasteiger partial charge >= 0.3 is 0 Å². The van der Waals surface area contributed by atoms with Gasteiger partial charge < -0.3 is 14.8 Å². The lowest BCUT2D eigenvalue weighted by Gasteiger charge is -2.11. The molecule has 0 aliphatic carbocycles. The van der Waals surface area contributed by atoms with E-state index in [0.29, 0.717) is 17.1 Å². The number of rotatable bonds is 10. The summed E-state index contributed by atoms with van der Waals surface area (Å²) in [4.78, 5) is 22.3. The molecule has 0 aliphatic heterocycles. The Morgan fingerprint density at radius 3 is 2.45 bits per heavy atom. The topological polar surface area (TPSA) is 115 Å². The Morgan fingerprint density at radius 2 is 1.79 bits per heavy atom. The van der Waals surface area contributed by atoms with Crippen molar-refractivity contribution in [1.82, 2.24) is 5.43 Å². The summed E-state index contributed by atoms with van der Waals surface area (Å²) in [5.74, 6) is 0.731. The van der Waals surface area contributed by atoms with Gasteiger partial charge in [0, 0.05) is 17.8 Å². The van der Waals surface area contributed by atoms with Crippen LogP contribution in [0.25, 0.3) is 0 Å². The number of amides is 1. The maximum Gasteiger partial charge on any atom is 0.269 e. The third-order valence-corrected chi connectivity index (χ3v) is 4.64. The molecule has 0 unspecified atom stereocenters. The third-order valence-electron chi connectivity index (χ3n) is 4.64. The number of nitrogens with zero attached hydrogens (tertiary/aromatic N) is 2. The van der Waals surface area contributed by atoms with E-state index in [1.54, 1.807) is 30.3 Å². The lowest BCUT2D eigenvalue weighted by Crippen LogP contribution is -2.25. The second-order valence-electron chi connectivity index (χ2n) is 7.14. The molecule has 0 aliphatic rings. The Morgan fingerprint density at radius 1 is 1.06 bits per heavy atom. The average molecular weight is 448 g/mol. The van der Waals surface area contributed by atoms with Gasteiger partial charge in [-0.25, -0.2) is 5.43 Å². The fourth-order valence-electron chi connectivity index (χ4n) is 2.83. The van der Waals surface area contributed by atoms with Gasteiger partial charge in [-0.1, -0.05) is 17.7 Å². The number of nitro groups is 1. The van der Waals surface area contributed by atoms with Gasteiger partial charge in [0.2, 0.25) is 0 Å². The lowest BCUT2D eigenvalue weighted by atomic mass is 10.2. The van der Waals surface area contributed by atoms with Crippen LogP contribution in [-0.4, -0.2) is 30.7 Å². The van der Waals surface area contributed by atoms with E-state index in [1.807, 2.05) is 31.2 Å². The van der Waals surface area contributed by atoms with Crippen molar-refractivity contribution in [1.29, 1.82) is 0 Å². The van der Waals surface area contributed by atoms with Crippen LogP contribution >= 0.6 is 0 Å². The molecule has 170 valence electrons. The Hall–Kier alpha value is -4.40. The number of aryl methyl sites for hydroxylation is 1. The van der Waals surface area contributed by atoms with Crippen LogP contribution in [0.1, 0.15) is 16.7 Å². The molecule has 3 aromatic carbocycles. The first-order valence-electron chi connectivity index (χ1n) is 10.1. The fraction of sp³-hybridized carbons (Fsp3) is 0.167. The maximum absolute atomic E-state index is 12.0. The predicted molar refractivity (Wildman–Crippen MR) is 126 cm³/mol. The molecule has 0 heterocycles. The van der Waals surface area contributed by atoms with Crippen LogP contribution in [0.5, 0.6) is 11.5 Å².